The van der Waals surface area contributed by atoms with E-state index in [1.165, 1.54) is 24.3 Å². The number of hydrogen-bond acceptors (Lipinski definition) is 12. The second-order valence-electron chi connectivity index (χ2n) is 9.94. The number of unbranched alkanes of at least 4 members (excludes halogenated alkanes) is 2. The van der Waals surface area contributed by atoms with Gasteiger partial charge in [0.2, 0.25) is 21.3 Å². The molecule has 16 nitrogen and oxygen atoms in total. The lowest BCUT2D eigenvalue weighted by atomic mass is 10.2. The van der Waals surface area contributed by atoms with Gasteiger partial charge in [-0.3, -0.25) is 19.1 Å². The van der Waals surface area contributed by atoms with Crippen molar-refractivity contribution in [3.8, 4) is 0 Å². The number of halogens is 1. The number of benzene rings is 1. The Morgan fingerprint density at radius 2 is 1.57 bits per heavy atom. The van der Waals surface area contributed by atoms with Crippen molar-refractivity contribution < 1.29 is 36.7 Å². The number of carbonyl (C=O) groups excluding carboxylic acids is 3. The van der Waals surface area contributed by atoms with E-state index in [1.807, 2.05) is 6.20 Å². The molecule has 0 aliphatic carbocycles. The van der Waals surface area contributed by atoms with Gasteiger partial charge >= 0.3 is 0 Å². The molecule has 5 N–H and O–H groups in total. The van der Waals surface area contributed by atoms with Gasteiger partial charge in [-0.1, -0.05) is 23.0 Å². The number of sulfonamides is 1. The number of primary sulfonamides is 1. The average molecular weight is 684 g/mol. The van der Waals surface area contributed by atoms with Crippen molar-refractivity contribution in [2.45, 2.75) is 55.8 Å². The van der Waals surface area contributed by atoms with Crippen LogP contribution in [0.2, 0.25) is 0 Å². The van der Waals surface area contributed by atoms with Crippen molar-refractivity contribution in [1.29, 1.82) is 0 Å². The Bertz CT molecular complexity index is 1500. The molecule has 0 aliphatic heterocycles. The molecule has 2 aromatic heterocycles. The molecule has 3 amide bonds. The Labute approximate surface area is 269 Å². The summed E-state index contributed by atoms with van der Waals surface area (Å²) in [5.74, 6) is -1.06. The van der Waals surface area contributed by atoms with E-state index in [0.29, 0.717) is 82.2 Å². The predicted octanol–water partition coefficient (Wildman–Crippen LogP) is 1.02. The first kappa shape index (κ1) is 36.6. The van der Waals surface area contributed by atoms with Gasteiger partial charge < -0.3 is 25.4 Å². The summed E-state index contributed by atoms with van der Waals surface area (Å²) in [7, 11) is -3.96. The van der Waals surface area contributed by atoms with Crippen molar-refractivity contribution in [3.63, 3.8) is 0 Å². The number of carbonyl (C=O) groups is 3. The molecule has 252 valence electrons. The van der Waals surface area contributed by atoms with E-state index in [4.69, 9.17) is 14.6 Å². The number of rotatable bonds is 22. The summed E-state index contributed by atoms with van der Waals surface area (Å²) in [4.78, 5) is 36.0. The van der Waals surface area contributed by atoms with Crippen LogP contribution in [0.15, 0.2) is 34.8 Å². The third-order valence-corrected chi connectivity index (χ3v) is 8.34. The Hall–Kier alpha value is -3.91. The molecule has 0 atom stereocenters. The monoisotopic (exact) mass is 683 g/mol. The second kappa shape index (κ2) is 19.6. The lowest BCUT2D eigenvalue weighted by Gasteiger charge is -2.08. The highest BCUT2D eigenvalue weighted by atomic mass is 32.2. The third kappa shape index (κ3) is 14.5. The number of hydrogen-bond donors (Lipinski definition) is 4. The molecule has 0 aliphatic rings. The van der Waals surface area contributed by atoms with Gasteiger partial charge in [-0.2, -0.15) is 0 Å². The van der Waals surface area contributed by atoms with Crippen LogP contribution in [0.1, 0.15) is 54.6 Å². The van der Waals surface area contributed by atoms with E-state index in [2.05, 4.69) is 36.5 Å². The molecule has 0 bridgehead atoms. The molecular weight excluding hydrogens is 645 g/mol. The maximum Gasteiger partial charge on any atom is 0.267 e. The summed E-state index contributed by atoms with van der Waals surface area (Å²) in [6, 6.07) is 5.29. The maximum atomic E-state index is 12.9. The van der Waals surface area contributed by atoms with Gasteiger partial charge in [0.1, 0.15) is 5.82 Å². The Kier molecular flexibility index (Phi) is 15.6. The highest BCUT2D eigenvalue weighted by molar-refractivity contribution is 7.91. The van der Waals surface area contributed by atoms with E-state index in [1.54, 1.807) is 4.68 Å². The molecule has 2 heterocycles. The number of aryl methyl sites for hydroxylation is 2. The van der Waals surface area contributed by atoms with E-state index in [0.717, 1.165) is 25.0 Å². The standard InChI is InChI=1S/C27H38FN9O7S2/c28-21-10-8-20(9-11-21)25(40)31-13-16-44-18-17-43-15-12-30-23(38)6-2-1-3-14-37-19-22(33-36-37)5-4-7-24(39)32-26-34-35-27(45-26)46(29,41)42/h8-11,19H,1-7,12-18H2,(H,30,38)(H,31,40)(H2,29,41,42)(H,32,34,39). The number of anilines is 1. The van der Waals surface area contributed by atoms with Crippen molar-refractivity contribution in [3.05, 3.63) is 47.5 Å². The predicted molar refractivity (Wildman–Crippen MR) is 165 cm³/mol. The lowest BCUT2D eigenvalue weighted by molar-refractivity contribution is -0.121. The minimum Gasteiger partial charge on any atom is -0.377 e. The molecule has 0 spiro atoms. The van der Waals surface area contributed by atoms with Crippen molar-refractivity contribution >= 4 is 44.2 Å². The first-order chi connectivity index (χ1) is 22.1. The molecule has 0 fully saturated rings. The zero-order valence-corrected chi connectivity index (χ0v) is 26.8. The summed E-state index contributed by atoms with van der Waals surface area (Å²) in [6.45, 7) is 2.77. The number of amides is 3. The van der Waals surface area contributed by atoms with Gasteiger partial charge in [0.15, 0.2) is 0 Å². The van der Waals surface area contributed by atoms with Gasteiger partial charge in [0.05, 0.1) is 32.1 Å². The molecule has 1 aromatic carbocycles. The summed E-state index contributed by atoms with van der Waals surface area (Å²) in [5, 5.41) is 28.3. The summed E-state index contributed by atoms with van der Waals surface area (Å²) >= 11 is 0.684. The molecule has 0 saturated heterocycles. The molecule has 19 heteroatoms. The zero-order valence-electron chi connectivity index (χ0n) is 25.2. The van der Waals surface area contributed by atoms with Crippen LogP contribution in [-0.4, -0.2) is 90.8 Å². The van der Waals surface area contributed by atoms with Crippen LogP contribution < -0.4 is 21.1 Å². The van der Waals surface area contributed by atoms with Gasteiger partial charge in [0, 0.05) is 44.2 Å². The van der Waals surface area contributed by atoms with E-state index in [9.17, 15) is 27.2 Å². The fourth-order valence-electron chi connectivity index (χ4n) is 3.90. The number of nitrogens with one attached hydrogen (secondary N) is 3. The molecule has 3 rings (SSSR count). The smallest absolute Gasteiger partial charge is 0.267 e. The largest absolute Gasteiger partial charge is 0.377 e. The molecule has 0 saturated carbocycles. The highest BCUT2D eigenvalue weighted by Gasteiger charge is 2.16. The quantitative estimate of drug-likeness (QED) is 0.0864. The molecule has 0 radical (unpaired) electrons. The number of aromatic nitrogens is 5. The number of ether oxygens (including phenoxy) is 2. The highest BCUT2D eigenvalue weighted by Crippen LogP contribution is 2.18. The molecular formula is C27H38FN9O7S2. The van der Waals surface area contributed by atoms with Crippen LogP contribution in [-0.2, 0) is 42.1 Å². The zero-order chi connectivity index (χ0) is 33.2. The third-order valence-electron chi connectivity index (χ3n) is 6.19. The fourth-order valence-corrected chi connectivity index (χ4v) is 5.25. The van der Waals surface area contributed by atoms with Crippen LogP contribution in [0.5, 0.6) is 0 Å². The fraction of sp³-hybridized carbons (Fsp3) is 0.519. The van der Waals surface area contributed by atoms with Crippen LogP contribution in [0.3, 0.4) is 0 Å². The lowest BCUT2D eigenvalue weighted by Crippen LogP contribution is -2.28. The summed E-state index contributed by atoms with van der Waals surface area (Å²) in [5.41, 5.74) is 1.13. The van der Waals surface area contributed by atoms with Crippen molar-refractivity contribution in [2.24, 2.45) is 5.14 Å². The molecule has 46 heavy (non-hydrogen) atoms. The SMILES string of the molecule is NS(=O)(=O)c1nnc(NC(=O)CCCc2cn(CCCCCC(=O)NCCOCCOCCNC(=O)c3ccc(F)cc3)nn2)s1. The van der Waals surface area contributed by atoms with Gasteiger partial charge in [0.25, 0.3) is 15.9 Å². The number of nitrogens with two attached hydrogens (primary N) is 1. The Balaban J connectivity index is 1.11. The number of nitrogens with zero attached hydrogens (tertiary/aromatic N) is 5. The van der Waals surface area contributed by atoms with Crippen molar-refractivity contribution in [2.75, 3.05) is 44.8 Å². The van der Waals surface area contributed by atoms with Gasteiger partial charge in [-0.25, -0.2) is 17.9 Å². The minimum absolute atomic E-state index is 0.0419. The normalized spacial score (nSPS) is 11.3. The minimum atomic E-state index is -3.96. The second-order valence-corrected chi connectivity index (χ2v) is 12.7. The van der Waals surface area contributed by atoms with Crippen LogP contribution in [0.25, 0.3) is 0 Å². The topological polar surface area (TPSA) is 222 Å². The van der Waals surface area contributed by atoms with E-state index >= 15 is 0 Å². The first-order valence-electron chi connectivity index (χ1n) is 14.6. The van der Waals surface area contributed by atoms with Gasteiger partial charge in [-0.15, -0.1) is 15.3 Å². The van der Waals surface area contributed by atoms with Crippen molar-refractivity contribution in [1.82, 2.24) is 35.8 Å². The van der Waals surface area contributed by atoms with Crippen LogP contribution in [0.4, 0.5) is 9.52 Å². The van der Waals surface area contributed by atoms with Crippen LogP contribution in [0, 0.1) is 5.82 Å². The van der Waals surface area contributed by atoms with Gasteiger partial charge in [-0.05, 0) is 49.9 Å². The summed E-state index contributed by atoms with van der Waals surface area (Å²) < 4.78 is 47.6. The summed E-state index contributed by atoms with van der Waals surface area (Å²) in [6.07, 6.45) is 5.90. The first-order valence-corrected chi connectivity index (χ1v) is 17.0. The molecule has 3 aromatic rings. The van der Waals surface area contributed by atoms with Crippen LogP contribution >= 0.6 is 11.3 Å². The van der Waals surface area contributed by atoms with E-state index < -0.39 is 15.8 Å². The average Bonchev–Trinajstić information content (AvgIpc) is 3.68. The molecule has 0 unspecified atom stereocenters. The maximum absolute atomic E-state index is 12.9. The van der Waals surface area contributed by atoms with E-state index in [-0.39, 0.29) is 33.6 Å². The Morgan fingerprint density at radius 3 is 2.26 bits per heavy atom. The Morgan fingerprint density at radius 1 is 0.870 bits per heavy atom.